The molecule has 0 radical (unpaired) electrons. The van der Waals surface area contributed by atoms with Crippen molar-refractivity contribution >= 4 is 11.7 Å². The summed E-state index contributed by atoms with van der Waals surface area (Å²) in [7, 11) is 0. The first-order valence-corrected chi connectivity index (χ1v) is 10.4. The number of halogens is 1. The predicted octanol–water partition coefficient (Wildman–Crippen LogP) is 3.26. The minimum atomic E-state index is -0.458. The van der Waals surface area contributed by atoms with Gasteiger partial charge in [-0.15, -0.1) is 0 Å². The van der Waals surface area contributed by atoms with Crippen LogP contribution in [-0.2, 0) is 11.3 Å². The number of nitrogens with zero attached hydrogens (tertiary/aromatic N) is 3. The summed E-state index contributed by atoms with van der Waals surface area (Å²) >= 11 is 0. The van der Waals surface area contributed by atoms with Gasteiger partial charge in [-0.25, -0.2) is 14.1 Å². The zero-order valence-corrected chi connectivity index (χ0v) is 17.5. The summed E-state index contributed by atoms with van der Waals surface area (Å²) in [5, 5.41) is 7.06. The summed E-state index contributed by atoms with van der Waals surface area (Å²) in [6.45, 7) is 4.44. The van der Waals surface area contributed by atoms with Crippen molar-refractivity contribution in [3.05, 3.63) is 70.6 Å². The molecular weight excluding hydrogens is 399 g/mol. The van der Waals surface area contributed by atoms with Crippen molar-refractivity contribution in [3.8, 4) is 5.75 Å². The Morgan fingerprint density at radius 2 is 2.23 bits per heavy atom. The number of pyridine rings is 1. The van der Waals surface area contributed by atoms with Crippen molar-refractivity contribution < 1.29 is 13.9 Å². The third-order valence-electron chi connectivity index (χ3n) is 6.06. The van der Waals surface area contributed by atoms with Crippen LogP contribution >= 0.6 is 0 Å². The normalized spacial score (nSPS) is 24.1. The van der Waals surface area contributed by atoms with Gasteiger partial charge in [0.05, 0.1) is 12.8 Å². The highest BCUT2D eigenvalue weighted by Gasteiger charge is 2.62. The minimum Gasteiger partial charge on any atom is -0.491 e. The van der Waals surface area contributed by atoms with Crippen molar-refractivity contribution in [1.29, 1.82) is 0 Å². The quantitative estimate of drug-likeness (QED) is 0.737. The Balaban J connectivity index is 1.52. The first-order chi connectivity index (χ1) is 14.9. The third-order valence-corrected chi connectivity index (χ3v) is 6.06. The molecule has 8 heteroatoms. The van der Waals surface area contributed by atoms with E-state index >= 15 is 0 Å². The fourth-order valence-corrected chi connectivity index (χ4v) is 4.18. The lowest BCUT2D eigenvalue weighted by Crippen LogP contribution is -2.30. The molecule has 1 saturated carbocycles. The molecular formula is C23H25FN4O3. The van der Waals surface area contributed by atoms with E-state index in [2.05, 4.69) is 27.6 Å². The highest BCUT2D eigenvalue weighted by Crippen LogP contribution is 2.60. The summed E-state index contributed by atoms with van der Waals surface area (Å²) < 4.78 is 20.5. The van der Waals surface area contributed by atoms with E-state index in [0.29, 0.717) is 36.8 Å². The zero-order chi connectivity index (χ0) is 22.0. The van der Waals surface area contributed by atoms with Gasteiger partial charge in [0.1, 0.15) is 23.1 Å². The van der Waals surface area contributed by atoms with Gasteiger partial charge in [0.25, 0.3) is 5.56 Å². The highest BCUT2D eigenvalue weighted by molar-refractivity contribution is 5.94. The standard InChI is InChI=1S/C23H25FN4O3/c1-3-28-21(29)11-19(15(2)27-28)31-14-23(16-7-5-4-6-8-16)12-18(23)22(30)26-20-10-9-17(24)13-25-20/h4-7,9-11,13,16,18H,3,8,12,14H2,1-2H3,(H,25,26,30)/t16?,18-,23+/m0/s1. The molecule has 2 heterocycles. The first kappa shape index (κ1) is 21.0. The Kier molecular flexibility index (Phi) is 5.71. The highest BCUT2D eigenvalue weighted by atomic mass is 19.1. The van der Waals surface area contributed by atoms with Crippen LogP contribution in [0.3, 0.4) is 0 Å². The second-order valence-electron chi connectivity index (χ2n) is 8.03. The van der Waals surface area contributed by atoms with E-state index in [0.717, 1.165) is 12.6 Å². The minimum absolute atomic E-state index is 0.138. The molecule has 2 aromatic heterocycles. The number of allylic oxidation sites excluding steroid dienone is 4. The lowest BCUT2D eigenvalue weighted by atomic mass is 9.82. The Morgan fingerprint density at radius 3 is 2.90 bits per heavy atom. The van der Waals surface area contributed by atoms with E-state index < -0.39 is 11.2 Å². The molecule has 0 aromatic carbocycles. The predicted molar refractivity (Wildman–Crippen MR) is 114 cm³/mol. The van der Waals surface area contributed by atoms with E-state index in [1.807, 2.05) is 19.1 Å². The van der Waals surface area contributed by atoms with Gasteiger partial charge in [-0.2, -0.15) is 5.10 Å². The smallest absolute Gasteiger partial charge is 0.270 e. The fraction of sp³-hybridized carbons (Fsp3) is 0.391. The van der Waals surface area contributed by atoms with E-state index in [1.54, 1.807) is 6.92 Å². The summed E-state index contributed by atoms with van der Waals surface area (Å²) in [6, 6.07) is 4.15. The number of carbonyl (C=O) groups excluding carboxylic acids is 1. The second-order valence-corrected chi connectivity index (χ2v) is 8.03. The number of ether oxygens (including phenoxy) is 1. The summed E-state index contributed by atoms with van der Waals surface area (Å²) in [5.41, 5.74) is 0.0233. The molecule has 3 atom stereocenters. The van der Waals surface area contributed by atoms with E-state index in [-0.39, 0.29) is 23.3 Å². The van der Waals surface area contributed by atoms with Gasteiger partial charge in [0.2, 0.25) is 5.91 Å². The number of aromatic nitrogens is 3. The summed E-state index contributed by atoms with van der Waals surface area (Å²) in [6.07, 6.45) is 10.7. The van der Waals surface area contributed by atoms with Gasteiger partial charge in [-0.3, -0.25) is 9.59 Å². The van der Waals surface area contributed by atoms with Crippen LogP contribution in [0.25, 0.3) is 0 Å². The lowest BCUT2D eigenvalue weighted by Gasteiger charge is -2.26. The van der Waals surface area contributed by atoms with Crippen LogP contribution in [-0.4, -0.2) is 27.3 Å². The Bertz CT molecular complexity index is 1090. The van der Waals surface area contributed by atoms with Gasteiger partial charge in [-0.05, 0) is 44.7 Å². The largest absolute Gasteiger partial charge is 0.491 e. The number of aryl methyl sites for hydroxylation is 2. The SMILES string of the molecule is CCn1nc(C)c(OC[C@@]2(C3C=CC=CC3)C[C@H]2C(=O)Nc2ccc(F)cn2)cc1=O. The molecule has 1 fully saturated rings. The maximum atomic E-state index is 13.1. The van der Waals surface area contributed by atoms with Crippen LogP contribution < -0.4 is 15.6 Å². The van der Waals surface area contributed by atoms with Crippen molar-refractivity contribution in [2.75, 3.05) is 11.9 Å². The average Bonchev–Trinajstić information content (AvgIpc) is 3.52. The van der Waals surface area contributed by atoms with Crippen molar-refractivity contribution in [2.45, 2.75) is 33.2 Å². The maximum Gasteiger partial charge on any atom is 0.270 e. The Morgan fingerprint density at radius 1 is 1.39 bits per heavy atom. The van der Waals surface area contributed by atoms with E-state index in [9.17, 15) is 14.0 Å². The number of nitrogens with one attached hydrogen (secondary N) is 1. The number of anilines is 1. The summed E-state index contributed by atoms with van der Waals surface area (Å²) in [5.74, 6) is -0.00301. The van der Waals surface area contributed by atoms with Gasteiger partial charge in [0.15, 0.2) is 0 Å². The number of carbonyl (C=O) groups is 1. The Labute approximate surface area is 179 Å². The van der Waals surface area contributed by atoms with Crippen molar-refractivity contribution in [1.82, 2.24) is 14.8 Å². The van der Waals surface area contributed by atoms with Crippen LogP contribution in [0.4, 0.5) is 10.2 Å². The molecule has 1 unspecified atom stereocenters. The average molecular weight is 424 g/mol. The number of rotatable bonds is 7. The summed E-state index contributed by atoms with van der Waals surface area (Å²) in [4.78, 5) is 29.0. The third kappa shape index (κ3) is 4.28. The van der Waals surface area contributed by atoms with Crippen LogP contribution in [0, 0.1) is 30.0 Å². The van der Waals surface area contributed by atoms with Crippen LogP contribution in [0.15, 0.2) is 53.5 Å². The molecule has 2 aliphatic carbocycles. The number of hydrogen-bond acceptors (Lipinski definition) is 5. The maximum absolute atomic E-state index is 13.1. The van der Waals surface area contributed by atoms with Crippen molar-refractivity contribution in [3.63, 3.8) is 0 Å². The molecule has 7 nitrogen and oxygen atoms in total. The van der Waals surface area contributed by atoms with Crippen molar-refractivity contribution in [2.24, 2.45) is 17.3 Å². The van der Waals surface area contributed by atoms with Crippen LogP contribution in [0.5, 0.6) is 5.75 Å². The molecule has 2 aliphatic rings. The molecule has 1 amide bonds. The molecule has 0 saturated heterocycles. The van der Waals surface area contributed by atoms with Gasteiger partial charge < -0.3 is 10.1 Å². The fourth-order valence-electron chi connectivity index (χ4n) is 4.18. The monoisotopic (exact) mass is 424 g/mol. The Hall–Kier alpha value is -3.29. The van der Waals surface area contributed by atoms with Gasteiger partial charge >= 0.3 is 0 Å². The molecule has 0 bridgehead atoms. The zero-order valence-electron chi connectivity index (χ0n) is 17.5. The van der Waals surface area contributed by atoms with E-state index in [1.165, 1.54) is 22.9 Å². The molecule has 2 aromatic rings. The molecule has 162 valence electrons. The van der Waals surface area contributed by atoms with Crippen LogP contribution in [0.1, 0.15) is 25.5 Å². The second kappa shape index (κ2) is 8.45. The van der Waals surface area contributed by atoms with Crippen LogP contribution in [0.2, 0.25) is 0 Å². The van der Waals surface area contributed by atoms with Gasteiger partial charge in [0, 0.05) is 23.9 Å². The molecule has 0 spiro atoms. The number of hydrogen-bond donors (Lipinski definition) is 1. The first-order valence-electron chi connectivity index (χ1n) is 10.4. The molecule has 31 heavy (non-hydrogen) atoms. The lowest BCUT2D eigenvalue weighted by molar-refractivity contribution is -0.118. The molecule has 0 aliphatic heterocycles. The van der Waals surface area contributed by atoms with Gasteiger partial charge in [-0.1, -0.05) is 24.3 Å². The molecule has 1 N–H and O–H groups in total. The molecule has 4 rings (SSSR count). The topological polar surface area (TPSA) is 86.1 Å². The number of amides is 1. The van der Waals surface area contributed by atoms with E-state index in [4.69, 9.17) is 4.74 Å².